The summed E-state index contributed by atoms with van der Waals surface area (Å²) in [6.45, 7) is 0.742. The van der Waals surface area contributed by atoms with Crippen molar-refractivity contribution in [2.45, 2.75) is 13.1 Å². The highest BCUT2D eigenvalue weighted by molar-refractivity contribution is 5.73. The van der Waals surface area contributed by atoms with Crippen LogP contribution in [0, 0.1) is 0 Å². The Hall–Kier alpha value is -2.31. The number of nitrogens with two attached hydrogens (primary N) is 1. The maximum atomic E-state index is 10.7. The van der Waals surface area contributed by atoms with Gasteiger partial charge in [0.25, 0.3) is 0 Å². The van der Waals surface area contributed by atoms with Crippen molar-refractivity contribution < 1.29 is 4.79 Å². The summed E-state index contributed by atoms with van der Waals surface area (Å²) >= 11 is 0. The van der Waals surface area contributed by atoms with Crippen LogP contribution in [0.3, 0.4) is 0 Å². The lowest BCUT2D eigenvalue weighted by Gasteiger charge is -2.03. The first-order valence-electron chi connectivity index (χ1n) is 5.15. The molecule has 0 saturated carbocycles. The highest BCUT2D eigenvalue weighted by Gasteiger charge is 2.02. The number of hydrogen-bond acceptors (Lipinski definition) is 4. The SMILES string of the molecule is Cn1cncc1CNc1cnn(CC(N)=O)c1. The van der Waals surface area contributed by atoms with E-state index >= 15 is 0 Å². The van der Waals surface area contributed by atoms with Gasteiger partial charge in [0.1, 0.15) is 6.54 Å². The topological polar surface area (TPSA) is 90.8 Å². The van der Waals surface area contributed by atoms with Gasteiger partial charge in [-0.05, 0) is 0 Å². The number of rotatable bonds is 5. The average Bonchev–Trinajstić information content (AvgIpc) is 2.84. The predicted molar refractivity (Wildman–Crippen MR) is 62.0 cm³/mol. The summed E-state index contributed by atoms with van der Waals surface area (Å²) in [5.41, 5.74) is 6.98. The van der Waals surface area contributed by atoms with Gasteiger partial charge in [-0.25, -0.2) is 4.98 Å². The molecular formula is C10H14N6O. The number of amides is 1. The molecule has 3 N–H and O–H groups in total. The van der Waals surface area contributed by atoms with Crippen molar-refractivity contribution in [3.05, 3.63) is 30.6 Å². The molecule has 7 nitrogen and oxygen atoms in total. The van der Waals surface area contributed by atoms with E-state index in [1.54, 1.807) is 24.9 Å². The Morgan fingerprint density at radius 2 is 2.35 bits per heavy atom. The van der Waals surface area contributed by atoms with Crippen LogP contribution in [0.5, 0.6) is 0 Å². The Balaban J connectivity index is 1.93. The fraction of sp³-hybridized carbons (Fsp3) is 0.300. The highest BCUT2D eigenvalue weighted by atomic mass is 16.1. The van der Waals surface area contributed by atoms with E-state index < -0.39 is 5.91 Å². The van der Waals surface area contributed by atoms with Crippen molar-refractivity contribution in [2.24, 2.45) is 12.8 Å². The van der Waals surface area contributed by atoms with Gasteiger partial charge in [0.15, 0.2) is 0 Å². The molecule has 2 heterocycles. The second-order valence-corrected chi connectivity index (χ2v) is 3.74. The summed E-state index contributed by atoms with van der Waals surface area (Å²) in [7, 11) is 1.93. The number of carbonyl (C=O) groups is 1. The molecule has 0 aliphatic carbocycles. The zero-order valence-corrected chi connectivity index (χ0v) is 9.50. The highest BCUT2D eigenvalue weighted by Crippen LogP contribution is 2.07. The Labute approximate surface area is 98.2 Å². The van der Waals surface area contributed by atoms with E-state index in [1.165, 1.54) is 4.68 Å². The molecule has 2 rings (SSSR count). The standard InChI is InChI=1S/C10H14N6O/c1-15-7-12-3-9(15)4-13-8-2-14-16(5-8)6-10(11)17/h2-3,5,7,13H,4,6H2,1H3,(H2,11,17). The molecule has 0 saturated heterocycles. The molecule has 17 heavy (non-hydrogen) atoms. The van der Waals surface area contributed by atoms with Crippen LogP contribution in [-0.2, 0) is 24.9 Å². The first-order chi connectivity index (χ1) is 8.15. The average molecular weight is 234 g/mol. The number of aromatic nitrogens is 4. The molecule has 0 fully saturated rings. The van der Waals surface area contributed by atoms with Crippen molar-refractivity contribution in [3.8, 4) is 0 Å². The van der Waals surface area contributed by atoms with Crippen LogP contribution < -0.4 is 11.1 Å². The molecule has 2 aromatic heterocycles. The number of carbonyl (C=O) groups excluding carboxylic acids is 1. The predicted octanol–water partition coefficient (Wildman–Crippen LogP) is -0.286. The van der Waals surface area contributed by atoms with Gasteiger partial charge in [0, 0.05) is 19.4 Å². The molecule has 0 aliphatic rings. The molecular weight excluding hydrogens is 220 g/mol. The third kappa shape index (κ3) is 2.83. The number of nitrogens with one attached hydrogen (secondary N) is 1. The molecule has 0 bridgehead atoms. The zero-order valence-electron chi connectivity index (χ0n) is 9.50. The fourth-order valence-electron chi connectivity index (χ4n) is 1.45. The molecule has 1 amide bonds. The number of aryl methyl sites for hydroxylation is 1. The third-order valence-electron chi connectivity index (χ3n) is 2.34. The van der Waals surface area contributed by atoms with E-state index in [4.69, 9.17) is 5.73 Å². The van der Waals surface area contributed by atoms with Crippen LogP contribution in [0.2, 0.25) is 0 Å². The van der Waals surface area contributed by atoms with Gasteiger partial charge in [0.2, 0.25) is 5.91 Å². The first-order valence-corrected chi connectivity index (χ1v) is 5.15. The van der Waals surface area contributed by atoms with Crippen LogP contribution in [-0.4, -0.2) is 25.2 Å². The van der Waals surface area contributed by atoms with Crippen molar-refractivity contribution in [1.82, 2.24) is 19.3 Å². The van der Waals surface area contributed by atoms with Gasteiger partial charge in [-0.2, -0.15) is 5.10 Å². The van der Waals surface area contributed by atoms with Crippen LogP contribution >= 0.6 is 0 Å². The minimum Gasteiger partial charge on any atom is -0.377 e. The lowest BCUT2D eigenvalue weighted by Crippen LogP contribution is -2.18. The zero-order chi connectivity index (χ0) is 12.3. The number of primary amides is 1. The van der Waals surface area contributed by atoms with Gasteiger partial charge in [-0.1, -0.05) is 0 Å². The van der Waals surface area contributed by atoms with E-state index in [2.05, 4.69) is 15.4 Å². The lowest BCUT2D eigenvalue weighted by molar-refractivity contribution is -0.118. The van der Waals surface area contributed by atoms with E-state index in [0.29, 0.717) is 6.54 Å². The van der Waals surface area contributed by atoms with Crippen LogP contribution in [0.4, 0.5) is 5.69 Å². The van der Waals surface area contributed by atoms with Crippen molar-refractivity contribution in [1.29, 1.82) is 0 Å². The van der Waals surface area contributed by atoms with E-state index in [-0.39, 0.29) is 6.54 Å². The molecule has 90 valence electrons. The summed E-state index contributed by atoms with van der Waals surface area (Å²) in [6, 6.07) is 0. The van der Waals surface area contributed by atoms with Crippen molar-refractivity contribution in [2.75, 3.05) is 5.32 Å². The van der Waals surface area contributed by atoms with Gasteiger partial charge in [-0.15, -0.1) is 0 Å². The second-order valence-electron chi connectivity index (χ2n) is 3.74. The quantitative estimate of drug-likeness (QED) is 0.744. The summed E-state index contributed by atoms with van der Waals surface area (Å²) in [5.74, 6) is -0.411. The number of hydrogen-bond donors (Lipinski definition) is 2. The van der Waals surface area contributed by atoms with Gasteiger partial charge in [-0.3, -0.25) is 9.48 Å². The Kier molecular flexibility index (Phi) is 3.08. The molecule has 2 aromatic rings. The lowest BCUT2D eigenvalue weighted by atomic mass is 10.4. The summed E-state index contributed by atoms with van der Waals surface area (Å²) in [4.78, 5) is 14.7. The van der Waals surface area contributed by atoms with E-state index in [1.807, 2.05) is 11.6 Å². The Morgan fingerprint density at radius 3 is 3.00 bits per heavy atom. The van der Waals surface area contributed by atoms with Gasteiger partial charge < -0.3 is 15.6 Å². The number of nitrogens with zero attached hydrogens (tertiary/aromatic N) is 4. The van der Waals surface area contributed by atoms with Gasteiger partial charge in [0.05, 0.1) is 30.5 Å². The molecule has 0 atom stereocenters. The maximum Gasteiger partial charge on any atom is 0.239 e. The maximum absolute atomic E-state index is 10.7. The molecule has 7 heteroatoms. The molecule has 0 radical (unpaired) electrons. The third-order valence-corrected chi connectivity index (χ3v) is 2.34. The monoisotopic (exact) mass is 234 g/mol. The second kappa shape index (κ2) is 4.69. The fourth-order valence-corrected chi connectivity index (χ4v) is 1.45. The molecule has 0 spiro atoms. The van der Waals surface area contributed by atoms with Crippen LogP contribution in [0.15, 0.2) is 24.9 Å². The minimum atomic E-state index is -0.411. The molecule has 0 unspecified atom stereocenters. The van der Waals surface area contributed by atoms with E-state index in [9.17, 15) is 4.79 Å². The van der Waals surface area contributed by atoms with Crippen LogP contribution in [0.25, 0.3) is 0 Å². The largest absolute Gasteiger partial charge is 0.377 e. The van der Waals surface area contributed by atoms with Gasteiger partial charge >= 0.3 is 0 Å². The van der Waals surface area contributed by atoms with E-state index in [0.717, 1.165) is 11.4 Å². The Bertz CT molecular complexity index is 514. The summed E-state index contributed by atoms with van der Waals surface area (Å²) in [6.07, 6.45) is 6.93. The smallest absolute Gasteiger partial charge is 0.239 e. The number of imidazole rings is 1. The summed E-state index contributed by atoms with van der Waals surface area (Å²) in [5, 5.41) is 7.19. The Morgan fingerprint density at radius 1 is 1.53 bits per heavy atom. The first kappa shape index (κ1) is 11.2. The molecule has 0 aromatic carbocycles. The summed E-state index contributed by atoms with van der Waals surface area (Å²) < 4.78 is 3.43. The van der Waals surface area contributed by atoms with Crippen molar-refractivity contribution >= 4 is 11.6 Å². The molecule has 0 aliphatic heterocycles. The van der Waals surface area contributed by atoms with Crippen LogP contribution in [0.1, 0.15) is 5.69 Å². The minimum absolute atomic E-state index is 0.0907. The van der Waals surface area contributed by atoms with Crippen molar-refractivity contribution in [3.63, 3.8) is 0 Å². The number of anilines is 1. The normalized spacial score (nSPS) is 10.4.